The number of carbonyl (C=O) groups excluding carboxylic acids is 2. The highest BCUT2D eigenvalue weighted by Crippen LogP contribution is 2.39. The van der Waals surface area contributed by atoms with Gasteiger partial charge in [0.25, 0.3) is 0 Å². The number of hydrogen-bond donors (Lipinski definition) is 1. The van der Waals surface area contributed by atoms with E-state index in [4.69, 9.17) is 17.4 Å². The van der Waals surface area contributed by atoms with Crippen LogP contribution in [0.4, 0.5) is 4.39 Å². The molecule has 0 radical (unpaired) electrons. The van der Waals surface area contributed by atoms with Crippen LogP contribution in [0.3, 0.4) is 0 Å². The summed E-state index contributed by atoms with van der Waals surface area (Å²) in [6, 6.07) is 6.20. The molecule has 5 nitrogen and oxygen atoms in total. The molecule has 2 atom stereocenters. The number of halogens is 1. The van der Waals surface area contributed by atoms with Crippen molar-refractivity contribution in [1.82, 2.24) is 9.80 Å². The molecule has 3 aliphatic rings. The number of carbonyl (C=O) groups is 2. The number of benzene rings is 1. The number of likely N-dealkylation sites (tertiary alicyclic amines) is 2. The molecule has 2 aliphatic heterocycles. The number of nitrogens with zero attached hydrogens (tertiary/aromatic N) is 2. The number of rotatable bonds is 9. The van der Waals surface area contributed by atoms with Crippen LogP contribution in [0.25, 0.3) is 0 Å². The fraction of sp³-hybridized carbons (Fsp3) is 0.630. The minimum atomic E-state index is -0.517. The Kier molecular flexibility index (Phi) is 8.83. The Bertz CT molecular complexity index is 896. The third kappa shape index (κ3) is 6.49. The minimum Gasteiger partial charge on any atom is -0.466 e. The van der Waals surface area contributed by atoms with Crippen molar-refractivity contribution in [3.05, 3.63) is 47.3 Å². The van der Waals surface area contributed by atoms with E-state index in [-0.39, 0.29) is 28.7 Å². The quantitative estimate of drug-likeness (QED) is 0.316. The molecule has 2 heterocycles. The second kappa shape index (κ2) is 11.8. The van der Waals surface area contributed by atoms with Crippen LogP contribution in [0.2, 0.25) is 0 Å². The molecule has 4 rings (SSSR count). The van der Waals surface area contributed by atoms with Crippen molar-refractivity contribution in [2.24, 2.45) is 11.8 Å². The van der Waals surface area contributed by atoms with Crippen molar-refractivity contribution in [2.75, 3.05) is 39.3 Å². The summed E-state index contributed by atoms with van der Waals surface area (Å²) >= 11 is 4.82. The summed E-state index contributed by atoms with van der Waals surface area (Å²) in [5.41, 5.74) is 1.72. The number of Topliss-reactive ketones (excluding diaryl/α,β-unsaturated/α-hetero) is 1. The van der Waals surface area contributed by atoms with E-state index in [9.17, 15) is 14.0 Å². The first-order valence-corrected chi connectivity index (χ1v) is 13.2. The first-order valence-electron chi connectivity index (χ1n) is 12.7. The molecule has 34 heavy (non-hydrogen) atoms. The maximum absolute atomic E-state index is 14.7. The van der Waals surface area contributed by atoms with Crippen molar-refractivity contribution in [3.8, 4) is 0 Å². The van der Waals surface area contributed by atoms with Gasteiger partial charge in [0.2, 0.25) is 0 Å². The number of ether oxygens (including phenoxy) is 1. The van der Waals surface area contributed by atoms with E-state index in [0.29, 0.717) is 31.1 Å². The van der Waals surface area contributed by atoms with Gasteiger partial charge in [0.1, 0.15) is 5.82 Å². The zero-order valence-electron chi connectivity index (χ0n) is 20.1. The lowest BCUT2D eigenvalue weighted by Crippen LogP contribution is -2.43. The molecular formula is C27H37FN2O3S. The van der Waals surface area contributed by atoms with Gasteiger partial charge in [0.15, 0.2) is 5.78 Å². The third-order valence-corrected chi connectivity index (χ3v) is 7.99. The molecule has 0 bridgehead atoms. The lowest BCUT2D eigenvalue weighted by atomic mass is 9.92. The van der Waals surface area contributed by atoms with Crippen LogP contribution in [0.1, 0.15) is 57.1 Å². The van der Waals surface area contributed by atoms with E-state index in [1.165, 1.54) is 11.6 Å². The largest absolute Gasteiger partial charge is 0.466 e. The maximum Gasteiger partial charge on any atom is 0.306 e. The highest BCUT2D eigenvalue weighted by atomic mass is 32.1. The van der Waals surface area contributed by atoms with Gasteiger partial charge < -0.3 is 4.74 Å². The molecular weight excluding hydrogens is 451 g/mol. The topological polar surface area (TPSA) is 49.9 Å². The predicted molar refractivity (Wildman–Crippen MR) is 134 cm³/mol. The Morgan fingerprint density at radius 2 is 1.88 bits per heavy atom. The SMILES string of the molecule is CCOC(=O)CC1CCN(C/C=C2\CN(C(C(=O)C3CC3)c3ccccc3F)CCC2S)CC1. The Labute approximate surface area is 208 Å². The van der Waals surface area contributed by atoms with E-state index in [2.05, 4.69) is 15.9 Å². The molecule has 0 N–H and O–H groups in total. The molecule has 0 aromatic heterocycles. The number of hydrogen-bond acceptors (Lipinski definition) is 6. The van der Waals surface area contributed by atoms with Gasteiger partial charge in [0.05, 0.1) is 12.6 Å². The molecule has 1 saturated carbocycles. The Balaban J connectivity index is 1.38. The highest BCUT2D eigenvalue weighted by molar-refractivity contribution is 7.81. The van der Waals surface area contributed by atoms with E-state index in [1.54, 1.807) is 12.1 Å². The first kappa shape index (κ1) is 25.4. The highest BCUT2D eigenvalue weighted by Gasteiger charge is 2.40. The van der Waals surface area contributed by atoms with Crippen molar-refractivity contribution >= 4 is 24.4 Å². The Morgan fingerprint density at radius 3 is 2.56 bits per heavy atom. The molecule has 186 valence electrons. The standard InChI is InChI=1S/C27H37FN2O3S/c1-2-33-25(31)17-19-9-13-29(14-10-19)15-11-21-18-30(16-12-24(21)34)26(27(32)20-7-8-20)22-5-3-4-6-23(22)28/h3-6,11,19-20,24,26,34H,2,7-10,12-18H2,1H3/b21-11+. The lowest BCUT2D eigenvalue weighted by molar-refractivity contribution is -0.144. The summed E-state index contributed by atoms with van der Waals surface area (Å²) in [5, 5.41) is 0.162. The van der Waals surface area contributed by atoms with Gasteiger partial charge in [-0.1, -0.05) is 24.3 Å². The molecule has 3 fully saturated rings. The Morgan fingerprint density at radius 1 is 1.15 bits per heavy atom. The van der Waals surface area contributed by atoms with E-state index >= 15 is 0 Å². The smallest absolute Gasteiger partial charge is 0.306 e. The molecule has 7 heteroatoms. The molecule has 0 spiro atoms. The average molecular weight is 489 g/mol. The number of piperidine rings is 2. The summed E-state index contributed by atoms with van der Waals surface area (Å²) in [6.45, 7) is 6.44. The zero-order chi connectivity index (χ0) is 24.1. The van der Waals surface area contributed by atoms with E-state index in [0.717, 1.165) is 58.3 Å². The van der Waals surface area contributed by atoms with Gasteiger partial charge in [0, 0.05) is 42.8 Å². The number of ketones is 1. The van der Waals surface area contributed by atoms with Gasteiger partial charge in [-0.25, -0.2) is 4.39 Å². The summed E-state index contributed by atoms with van der Waals surface area (Å²) in [4.78, 5) is 29.5. The minimum absolute atomic E-state index is 0.0710. The summed E-state index contributed by atoms with van der Waals surface area (Å²) < 4.78 is 19.8. The van der Waals surface area contributed by atoms with Crippen LogP contribution in [0, 0.1) is 17.7 Å². The molecule has 0 amide bonds. The zero-order valence-corrected chi connectivity index (χ0v) is 21.0. The monoisotopic (exact) mass is 488 g/mol. The van der Waals surface area contributed by atoms with Crippen LogP contribution in [0.15, 0.2) is 35.9 Å². The van der Waals surface area contributed by atoms with Crippen molar-refractivity contribution in [2.45, 2.75) is 56.7 Å². The van der Waals surface area contributed by atoms with Crippen LogP contribution in [-0.2, 0) is 14.3 Å². The van der Waals surface area contributed by atoms with Crippen molar-refractivity contribution < 1.29 is 18.7 Å². The van der Waals surface area contributed by atoms with Crippen molar-refractivity contribution in [1.29, 1.82) is 0 Å². The molecule has 1 aromatic carbocycles. The van der Waals surface area contributed by atoms with Gasteiger partial charge in [-0.2, -0.15) is 12.6 Å². The van der Waals surface area contributed by atoms with Gasteiger partial charge in [-0.15, -0.1) is 0 Å². The number of esters is 1. The van der Waals surface area contributed by atoms with E-state index in [1.807, 2.05) is 13.0 Å². The summed E-state index contributed by atoms with van der Waals surface area (Å²) in [5.74, 6) is 0.243. The Hall–Kier alpha value is -1.70. The van der Waals surface area contributed by atoms with Crippen molar-refractivity contribution in [3.63, 3.8) is 0 Å². The first-order chi connectivity index (χ1) is 16.5. The van der Waals surface area contributed by atoms with Gasteiger partial charge in [-0.3, -0.25) is 19.4 Å². The second-order valence-electron chi connectivity index (χ2n) is 9.91. The lowest BCUT2D eigenvalue weighted by Gasteiger charge is -2.38. The molecule has 2 saturated heterocycles. The van der Waals surface area contributed by atoms with Gasteiger partial charge in [-0.05, 0) is 69.7 Å². The fourth-order valence-electron chi connectivity index (χ4n) is 5.21. The normalized spacial score (nSPS) is 24.8. The number of thiol groups is 1. The van der Waals surface area contributed by atoms with Crippen LogP contribution < -0.4 is 0 Å². The fourth-order valence-corrected chi connectivity index (χ4v) is 5.51. The summed E-state index contributed by atoms with van der Waals surface area (Å²) in [7, 11) is 0. The molecule has 1 aromatic rings. The second-order valence-corrected chi connectivity index (χ2v) is 10.5. The van der Waals surface area contributed by atoms with Crippen LogP contribution in [0.5, 0.6) is 0 Å². The average Bonchev–Trinajstić information content (AvgIpc) is 3.67. The van der Waals surface area contributed by atoms with E-state index < -0.39 is 6.04 Å². The van der Waals surface area contributed by atoms with Crippen LogP contribution >= 0.6 is 12.6 Å². The summed E-state index contributed by atoms with van der Waals surface area (Å²) in [6.07, 6.45) is 7.47. The molecule has 1 aliphatic carbocycles. The van der Waals surface area contributed by atoms with Crippen LogP contribution in [-0.4, -0.2) is 66.1 Å². The van der Waals surface area contributed by atoms with Gasteiger partial charge >= 0.3 is 5.97 Å². The molecule has 2 unspecified atom stereocenters. The predicted octanol–water partition coefficient (Wildman–Crippen LogP) is 4.44. The maximum atomic E-state index is 14.7. The third-order valence-electron chi connectivity index (χ3n) is 7.40.